The van der Waals surface area contributed by atoms with E-state index in [1.807, 2.05) is 13.0 Å². The number of nitrogens with two attached hydrogens (primary N) is 1. The zero-order valence-electron chi connectivity index (χ0n) is 12.4. The van der Waals surface area contributed by atoms with Gasteiger partial charge in [-0.25, -0.2) is 0 Å². The van der Waals surface area contributed by atoms with Gasteiger partial charge in [0.05, 0.1) is 13.1 Å². The fourth-order valence-electron chi connectivity index (χ4n) is 2.68. The summed E-state index contributed by atoms with van der Waals surface area (Å²) in [6.45, 7) is 4.72. The molecule has 6 heteroatoms. The number of rotatable bonds is 3. The van der Waals surface area contributed by atoms with Crippen molar-refractivity contribution in [1.29, 1.82) is 0 Å². The Morgan fingerprint density at radius 2 is 2.05 bits per heavy atom. The monoisotopic (exact) mass is 311 g/mol. The highest BCUT2D eigenvalue weighted by Gasteiger charge is 2.23. The Labute approximate surface area is 131 Å². The summed E-state index contributed by atoms with van der Waals surface area (Å²) < 4.78 is 0. The molecule has 2 rings (SSSR count). The Kier molecular flexibility index (Phi) is 6.18. The number of nitrogens with one attached hydrogen (secondary N) is 1. The number of amides is 2. The zero-order valence-corrected chi connectivity index (χ0v) is 13.3. The fraction of sp³-hybridized carbons (Fsp3) is 0.467. The lowest BCUT2D eigenvalue weighted by atomic mass is 9.95. The summed E-state index contributed by atoms with van der Waals surface area (Å²) >= 11 is 0. The zero-order chi connectivity index (χ0) is 14.7. The molecule has 1 aliphatic heterocycles. The van der Waals surface area contributed by atoms with Crippen molar-refractivity contribution in [3.8, 4) is 0 Å². The number of nitrogens with zero attached hydrogens (tertiary/aromatic N) is 1. The SMILES string of the molecule is Cc1cc(C)c2c(c1)N(C(=O)CNC(=O)CN)CCC2.Cl. The number of aryl methyl sites for hydroxylation is 2. The first kappa shape index (κ1) is 17.5. The smallest absolute Gasteiger partial charge is 0.246 e. The van der Waals surface area contributed by atoms with Gasteiger partial charge in [0.1, 0.15) is 0 Å². The summed E-state index contributed by atoms with van der Waals surface area (Å²) in [6, 6.07) is 4.19. The number of carbonyl (C=O) groups is 2. The Morgan fingerprint density at radius 1 is 1.33 bits per heavy atom. The summed E-state index contributed by atoms with van der Waals surface area (Å²) in [4.78, 5) is 25.2. The van der Waals surface area contributed by atoms with Gasteiger partial charge in [-0.2, -0.15) is 0 Å². The highest BCUT2D eigenvalue weighted by atomic mass is 35.5. The molecule has 5 nitrogen and oxygen atoms in total. The number of fused-ring (bicyclic) bond motifs is 1. The third-order valence-corrected chi connectivity index (χ3v) is 3.62. The number of halogens is 1. The van der Waals surface area contributed by atoms with Gasteiger partial charge in [-0.1, -0.05) is 6.07 Å². The second kappa shape index (κ2) is 7.43. The third-order valence-electron chi connectivity index (χ3n) is 3.62. The Morgan fingerprint density at radius 3 is 2.71 bits per heavy atom. The molecule has 0 bridgehead atoms. The molecule has 2 amide bonds. The quantitative estimate of drug-likeness (QED) is 0.877. The van der Waals surface area contributed by atoms with Gasteiger partial charge in [0.2, 0.25) is 11.8 Å². The molecule has 0 atom stereocenters. The van der Waals surface area contributed by atoms with E-state index in [4.69, 9.17) is 5.73 Å². The van der Waals surface area contributed by atoms with Crippen LogP contribution in [0.25, 0.3) is 0 Å². The van der Waals surface area contributed by atoms with E-state index in [9.17, 15) is 9.59 Å². The maximum atomic E-state index is 12.3. The van der Waals surface area contributed by atoms with Gasteiger partial charge in [-0.3, -0.25) is 9.59 Å². The van der Waals surface area contributed by atoms with Gasteiger partial charge in [0, 0.05) is 12.2 Å². The van der Waals surface area contributed by atoms with Crippen molar-refractivity contribution in [2.75, 3.05) is 24.5 Å². The standard InChI is InChI=1S/C15H21N3O2.ClH/c1-10-6-11(2)12-4-3-5-18(13(12)7-10)15(20)9-17-14(19)8-16;/h6-7H,3-5,8-9,16H2,1-2H3,(H,17,19);1H. The number of carbonyl (C=O) groups excluding carboxylic acids is 2. The molecule has 0 fully saturated rings. The first-order chi connectivity index (χ1) is 9.52. The van der Waals surface area contributed by atoms with Crippen LogP contribution in [0.2, 0.25) is 0 Å². The number of benzene rings is 1. The molecule has 21 heavy (non-hydrogen) atoms. The largest absolute Gasteiger partial charge is 0.346 e. The van der Waals surface area contributed by atoms with Gasteiger partial charge >= 0.3 is 0 Å². The molecule has 0 unspecified atom stereocenters. The molecule has 0 aliphatic carbocycles. The molecule has 0 saturated carbocycles. The fourth-order valence-corrected chi connectivity index (χ4v) is 2.68. The highest BCUT2D eigenvalue weighted by Crippen LogP contribution is 2.30. The van der Waals surface area contributed by atoms with Crippen LogP contribution in [0.15, 0.2) is 12.1 Å². The van der Waals surface area contributed by atoms with Crippen LogP contribution in [0, 0.1) is 13.8 Å². The van der Waals surface area contributed by atoms with E-state index in [-0.39, 0.29) is 37.3 Å². The van der Waals surface area contributed by atoms with Crippen LogP contribution in [-0.4, -0.2) is 31.4 Å². The van der Waals surface area contributed by atoms with Crippen LogP contribution < -0.4 is 16.0 Å². The maximum Gasteiger partial charge on any atom is 0.246 e. The predicted octanol–water partition coefficient (Wildman–Crippen LogP) is 1.08. The van der Waals surface area contributed by atoms with Gasteiger partial charge in [0.15, 0.2) is 0 Å². The second-order valence-electron chi connectivity index (χ2n) is 5.21. The van der Waals surface area contributed by atoms with E-state index in [1.165, 1.54) is 11.1 Å². The van der Waals surface area contributed by atoms with E-state index >= 15 is 0 Å². The van der Waals surface area contributed by atoms with Crippen LogP contribution >= 0.6 is 12.4 Å². The second-order valence-corrected chi connectivity index (χ2v) is 5.21. The molecule has 0 spiro atoms. The van der Waals surface area contributed by atoms with Crippen LogP contribution in [-0.2, 0) is 16.0 Å². The maximum absolute atomic E-state index is 12.3. The Bertz CT molecular complexity index is 546. The summed E-state index contributed by atoms with van der Waals surface area (Å²) in [7, 11) is 0. The molecule has 1 aromatic carbocycles. The van der Waals surface area contributed by atoms with E-state index in [2.05, 4.69) is 18.3 Å². The van der Waals surface area contributed by atoms with Crippen molar-refractivity contribution in [3.63, 3.8) is 0 Å². The number of hydrogen-bond acceptors (Lipinski definition) is 3. The molecular formula is C15H22ClN3O2. The van der Waals surface area contributed by atoms with Crippen LogP contribution in [0.5, 0.6) is 0 Å². The third kappa shape index (κ3) is 3.95. The molecule has 1 aliphatic rings. The topological polar surface area (TPSA) is 75.4 Å². The van der Waals surface area contributed by atoms with E-state index in [1.54, 1.807) is 4.90 Å². The summed E-state index contributed by atoms with van der Waals surface area (Å²) in [5.41, 5.74) is 9.81. The van der Waals surface area contributed by atoms with Crippen LogP contribution in [0.4, 0.5) is 5.69 Å². The summed E-state index contributed by atoms with van der Waals surface area (Å²) in [5, 5.41) is 2.53. The molecule has 0 radical (unpaired) electrons. The van der Waals surface area contributed by atoms with Crippen molar-refractivity contribution in [2.24, 2.45) is 5.73 Å². The first-order valence-electron chi connectivity index (χ1n) is 6.90. The number of hydrogen-bond donors (Lipinski definition) is 2. The van der Waals surface area contributed by atoms with Gasteiger partial charge in [-0.05, 0) is 49.4 Å². The molecule has 0 aromatic heterocycles. The molecule has 1 aromatic rings. The summed E-state index contributed by atoms with van der Waals surface area (Å²) in [5.74, 6) is -0.395. The average Bonchev–Trinajstić information content (AvgIpc) is 2.43. The highest BCUT2D eigenvalue weighted by molar-refractivity contribution is 5.98. The van der Waals surface area contributed by atoms with Crippen molar-refractivity contribution in [2.45, 2.75) is 26.7 Å². The van der Waals surface area contributed by atoms with E-state index in [0.29, 0.717) is 6.54 Å². The van der Waals surface area contributed by atoms with Crippen molar-refractivity contribution < 1.29 is 9.59 Å². The summed E-state index contributed by atoms with van der Waals surface area (Å²) in [6.07, 6.45) is 1.95. The van der Waals surface area contributed by atoms with Crippen LogP contribution in [0.1, 0.15) is 23.1 Å². The van der Waals surface area contributed by atoms with Gasteiger partial charge in [-0.15, -0.1) is 12.4 Å². The molecule has 0 saturated heterocycles. The molecule has 116 valence electrons. The lowest BCUT2D eigenvalue weighted by Crippen LogP contribution is -2.44. The minimum Gasteiger partial charge on any atom is -0.346 e. The van der Waals surface area contributed by atoms with Crippen molar-refractivity contribution in [3.05, 3.63) is 28.8 Å². The normalized spacial score (nSPS) is 13.2. The number of anilines is 1. The average molecular weight is 312 g/mol. The van der Waals surface area contributed by atoms with E-state index < -0.39 is 0 Å². The van der Waals surface area contributed by atoms with Gasteiger partial charge in [0.25, 0.3) is 0 Å². The lowest BCUT2D eigenvalue weighted by molar-refractivity contribution is -0.124. The predicted molar refractivity (Wildman–Crippen MR) is 85.9 cm³/mol. The Hall–Kier alpha value is -1.59. The minimum atomic E-state index is -0.309. The van der Waals surface area contributed by atoms with Crippen LogP contribution in [0.3, 0.4) is 0 Å². The van der Waals surface area contributed by atoms with Crippen molar-refractivity contribution >= 4 is 29.9 Å². The molecular weight excluding hydrogens is 290 g/mol. The van der Waals surface area contributed by atoms with Crippen molar-refractivity contribution in [1.82, 2.24) is 5.32 Å². The first-order valence-corrected chi connectivity index (χ1v) is 6.90. The lowest BCUT2D eigenvalue weighted by Gasteiger charge is -2.31. The molecule has 3 N–H and O–H groups in total. The minimum absolute atomic E-state index is 0. The van der Waals surface area contributed by atoms with E-state index in [0.717, 1.165) is 24.1 Å². The molecule has 1 heterocycles. The Balaban J connectivity index is 0.00000220. The van der Waals surface area contributed by atoms with Gasteiger partial charge < -0.3 is 16.0 Å².